The molecule has 146 valence electrons. The van der Waals surface area contributed by atoms with Gasteiger partial charge in [0.2, 0.25) is 5.95 Å². The highest BCUT2D eigenvalue weighted by Crippen LogP contribution is 2.40. The fourth-order valence-electron chi connectivity index (χ4n) is 2.38. The van der Waals surface area contributed by atoms with Crippen LogP contribution in [0.5, 0.6) is 0 Å². The molecule has 0 bridgehead atoms. The molecule has 5 nitrogen and oxygen atoms in total. The predicted octanol–water partition coefficient (Wildman–Crippen LogP) is 3.66. The van der Waals surface area contributed by atoms with Crippen LogP contribution in [0.15, 0.2) is 5.83 Å². The topological polar surface area (TPSA) is 70.9 Å². The van der Waals surface area contributed by atoms with Crippen LogP contribution in [0.4, 0.5) is 32.3 Å². The number of hydrogen-bond donors (Lipinski definition) is 2. The van der Waals surface area contributed by atoms with E-state index in [0.717, 1.165) is 6.42 Å². The standard InChI is InChI=1S/C15H18F6N4O/c1-2-3-4-9-23-12(25-13(24-9)22-7-15(19,20)21)8-5-6-14(17,18)11(26)10(8)16/h11,26H,2-7H2,1H3,(H,22,23,24,25)/t11-/m1/s1. The van der Waals surface area contributed by atoms with Crippen LogP contribution in [-0.2, 0) is 6.42 Å². The summed E-state index contributed by atoms with van der Waals surface area (Å²) in [5.41, 5.74) is -0.348. The molecule has 1 aliphatic rings. The van der Waals surface area contributed by atoms with Gasteiger partial charge >= 0.3 is 6.18 Å². The van der Waals surface area contributed by atoms with Gasteiger partial charge < -0.3 is 10.4 Å². The van der Waals surface area contributed by atoms with Gasteiger partial charge in [0.05, 0.1) is 0 Å². The van der Waals surface area contributed by atoms with Crippen molar-refractivity contribution in [2.45, 2.75) is 57.2 Å². The van der Waals surface area contributed by atoms with Gasteiger partial charge in [-0.25, -0.2) is 18.2 Å². The highest BCUT2D eigenvalue weighted by molar-refractivity contribution is 5.65. The fourth-order valence-corrected chi connectivity index (χ4v) is 2.38. The van der Waals surface area contributed by atoms with Gasteiger partial charge in [-0.15, -0.1) is 0 Å². The number of nitrogens with one attached hydrogen (secondary N) is 1. The first kappa shape index (κ1) is 20.4. The molecule has 2 N–H and O–H groups in total. The molecule has 0 saturated heterocycles. The molecule has 1 heterocycles. The van der Waals surface area contributed by atoms with E-state index in [4.69, 9.17) is 0 Å². The third kappa shape index (κ3) is 5.05. The van der Waals surface area contributed by atoms with Crippen molar-refractivity contribution in [1.29, 1.82) is 0 Å². The number of aryl methyl sites for hydroxylation is 1. The molecule has 0 radical (unpaired) electrons. The van der Waals surface area contributed by atoms with Crippen molar-refractivity contribution >= 4 is 11.5 Å². The zero-order valence-corrected chi connectivity index (χ0v) is 13.9. The number of hydrogen-bond acceptors (Lipinski definition) is 5. The minimum atomic E-state index is -4.52. The molecule has 0 fully saturated rings. The average molecular weight is 384 g/mol. The second-order valence-corrected chi connectivity index (χ2v) is 5.96. The lowest BCUT2D eigenvalue weighted by Crippen LogP contribution is -2.37. The lowest BCUT2D eigenvalue weighted by atomic mass is 9.92. The Morgan fingerprint density at radius 1 is 1.23 bits per heavy atom. The molecule has 0 aliphatic heterocycles. The van der Waals surface area contributed by atoms with Crippen LogP contribution in [0.25, 0.3) is 5.57 Å². The van der Waals surface area contributed by atoms with E-state index in [1.807, 2.05) is 12.2 Å². The number of aromatic nitrogens is 3. The van der Waals surface area contributed by atoms with Crippen LogP contribution >= 0.6 is 0 Å². The highest BCUT2D eigenvalue weighted by Gasteiger charge is 2.46. The Morgan fingerprint density at radius 3 is 2.54 bits per heavy atom. The van der Waals surface area contributed by atoms with Crippen LogP contribution in [0.1, 0.15) is 44.3 Å². The Morgan fingerprint density at radius 2 is 1.92 bits per heavy atom. The maximum atomic E-state index is 14.2. The molecule has 2 rings (SSSR count). The molecule has 0 amide bonds. The summed E-state index contributed by atoms with van der Waals surface area (Å²) in [6.07, 6.45) is -6.73. The Balaban J connectivity index is 2.38. The summed E-state index contributed by atoms with van der Waals surface area (Å²) in [5, 5.41) is 11.4. The van der Waals surface area contributed by atoms with E-state index in [1.165, 1.54) is 0 Å². The van der Waals surface area contributed by atoms with Gasteiger partial charge in [-0.1, -0.05) is 13.3 Å². The number of halogens is 6. The van der Waals surface area contributed by atoms with Crippen LogP contribution in [-0.4, -0.2) is 44.8 Å². The van der Waals surface area contributed by atoms with Crippen LogP contribution in [0.2, 0.25) is 0 Å². The first-order valence-corrected chi connectivity index (χ1v) is 8.04. The van der Waals surface area contributed by atoms with E-state index in [1.54, 1.807) is 0 Å². The van der Waals surface area contributed by atoms with E-state index in [9.17, 15) is 31.4 Å². The van der Waals surface area contributed by atoms with Gasteiger partial charge in [0.1, 0.15) is 18.2 Å². The molecule has 0 unspecified atom stereocenters. The average Bonchev–Trinajstić information content (AvgIpc) is 2.55. The summed E-state index contributed by atoms with van der Waals surface area (Å²) in [4.78, 5) is 11.5. The quantitative estimate of drug-likeness (QED) is 0.733. The number of alkyl halides is 5. The third-order valence-electron chi connectivity index (χ3n) is 3.79. The zero-order chi connectivity index (χ0) is 19.5. The fraction of sp³-hybridized carbons (Fsp3) is 0.667. The summed E-state index contributed by atoms with van der Waals surface area (Å²) in [6.45, 7) is 0.471. The number of aliphatic hydroxyl groups excluding tert-OH is 1. The molecule has 26 heavy (non-hydrogen) atoms. The maximum Gasteiger partial charge on any atom is 0.405 e. The minimum absolute atomic E-state index is 0.119. The Labute approximate surface area is 145 Å². The second-order valence-electron chi connectivity index (χ2n) is 5.96. The van der Waals surface area contributed by atoms with Crippen molar-refractivity contribution in [3.63, 3.8) is 0 Å². The number of unbranched alkanes of at least 4 members (excludes halogenated alkanes) is 1. The first-order chi connectivity index (χ1) is 12.0. The van der Waals surface area contributed by atoms with Crippen LogP contribution in [0.3, 0.4) is 0 Å². The molecule has 1 aliphatic carbocycles. The monoisotopic (exact) mass is 384 g/mol. The summed E-state index contributed by atoms with van der Waals surface area (Å²) < 4.78 is 78.1. The minimum Gasteiger partial charge on any atom is -0.380 e. The van der Waals surface area contributed by atoms with E-state index in [-0.39, 0.29) is 17.2 Å². The number of nitrogens with zero attached hydrogens (tertiary/aromatic N) is 3. The molecule has 1 aromatic rings. The van der Waals surface area contributed by atoms with E-state index >= 15 is 0 Å². The molecule has 1 aromatic heterocycles. The van der Waals surface area contributed by atoms with Gasteiger partial charge in [0, 0.05) is 18.4 Å². The lowest BCUT2D eigenvalue weighted by Gasteiger charge is -2.27. The molecule has 0 saturated carbocycles. The van der Waals surface area contributed by atoms with Gasteiger partial charge in [0.25, 0.3) is 5.92 Å². The summed E-state index contributed by atoms with van der Waals surface area (Å²) in [5.74, 6) is -5.75. The SMILES string of the molecule is CCCCc1nc(NCC(F)(F)F)nc(C2=C(F)[C@@H](O)C(F)(F)CC2)n1. The first-order valence-electron chi connectivity index (χ1n) is 8.04. The summed E-state index contributed by atoms with van der Waals surface area (Å²) in [7, 11) is 0. The van der Waals surface area contributed by atoms with E-state index in [0.29, 0.717) is 12.8 Å². The van der Waals surface area contributed by atoms with Crippen molar-refractivity contribution in [1.82, 2.24) is 15.0 Å². The maximum absolute atomic E-state index is 14.2. The van der Waals surface area contributed by atoms with Crippen molar-refractivity contribution in [2.24, 2.45) is 0 Å². The van der Waals surface area contributed by atoms with Crippen LogP contribution in [0, 0.1) is 0 Å². The predicted molar refractivity (Wildman–Crippen MR) is 81.2 cm³/mol. The Bertz CT molecular complexity index is 677. The molecular formula is C15H18F6N4O. The molecule has 11 heteroatoms. The summed E-state index contributed by atoms with van der Waals surface area (Å²) >= 11 is 0. The molecular weight excluding hydrogens is 366 g/mol. The van der Waals surface area contributed by atoms with E-state index in [2.05, 4.69) is 15.0 Å². The van der Waals surface area contributed by atoms with E-state index < -0.39 is 49.4 Å². The normalized spacial score (nSPS) is 20.4. The van der Waals surface area contributed by atoms with Crippen molar-refractivity contribution in [3.05, 3.63) is 17.5 Å². The zero-order valence-electron chi connectivity index (χ0n) is 13.9. The molecule has 1 atom stereocenters. The van der Waals surface area contributed by atoms with Gasteiger partial charge in [-0.3, -0.25) is 0 Å². The van der Waals surface area contributed by atoms with Gasteiger partial charge in [0.15, 0.2) is 11.9 Å². The number of anilines is 1. The number of allylic oxidation sites excluding steroid dienone is 1. The molecule has 0 spiro atoms. The van der Waals surface area contributed by atoms with Gasteiger partial charge in [-0.2, -0.15) is 23.1 Å². The smallest absolute Gasteiger partial charge is 0.380 e. The molecule has 0 aromatic carbocycles. The Kier molecular flexibility index (Phi) is 6.09. The van der Waals surface area contributed by atoms with Crippen molar-refractivity contribution < 1.29 is 31.4 Å². The van der Waals surface area contributed by atoms with Gasteiger partial charge in [-0.05, 0) is 12.8 Å². The highest BCUT2D eigenvalue weighted by atomic mass is 19.4. The lowest BCUT2D eigenvalue weighted by molar-refractivity contribution is -0.115. The number of rotatable bonds is 6. The summed E-state index contributed by atoms with van der Waals surface area (Å²) in [6, 6.07) is 0. The number of aliphatic hydroxyl groups is 1. The third-order valence-corrected chi connectivity index (χ3v) is 3.79. The largest absolute Gasteiger partial charge is 0.405 e. The van der Waals surface area contributed by atoms with Crippen molar-refractivity contribution in [3.8, 4) is 0 Å². The Hall–Kier alpha value is -1.91. The second kappa shape index (κ2) is 7.77. The van der Waals surface area contributed by atoms with Crippen molar-refractivity contribution in [2.75, 3.05) is 11.9 Å². The van der Waals surface area contributed by atoms with Crippen LogP contribution < -0.4 is 5.32 Å².